The van der Waals surface area contributed by atoms with E-state index in [0.717, 1.165) is 18.5 Å². The molecule has 2 heterocycles. The number of aromatic nitrogens is 5. The Morgan fingerprint density at radius 1 is 1.17 bits per heavy atom. The summed E-state index contributed by atoms with van der Waals surface area (Å²) in [6.07, 6.45) is 5.05. The largest absolute Gasteiger partial charge is 0.368 e. The number of nitrogens with two attached hydrogens (primary N) is 1. The third kappa shape index (κ3) is 2.67. The van der Waals surface area contributed by atoms with E-state index in [-0.39, 0.29) is 22.9 Å². The summed E-state index contributed by atoms with van der Waals surface area (Å²) in [5.41, 5.74) is 7.21. The molecule has 3 aromatic rings. The Hall–Kier alpha value is -2.68. The molecule has 9 heteroatoms. The van der Waals surface area contributed by atoms with Crippen LogP contribution in [-0.2, 0) is 15.6 Å². The summed E-state index contributed by atoms with van der Waals surface area (Å²) >= 11 is 0. The molecule has 0 saturated heterocycles. The van der Waals surface area contributed by atoms with E-state index in [2.05, 4.69) is 15.3 Å². The summed E-state index contributed by atoms with van der Waals surface area (Å²) in [4.78, 5) is 0. The molecule has 2 N–H and O–H groups in total. The van der Waals surface area contributed by atoms with E-state index < -0.39 is 9.84 Å². The van der Waals surface area contributed by atoms with Crippen molar-refractivity contribution < 1.29 is 8.42 Å². The second kappa shape index (κ2) is 5.45. The Labute approximate surface area is 138 Å². The first-order valence-corrected chi connectivity index (χ1v) is 9.22. The predicted molar refractivity (Wildman–Crippen MR) is 87.2 cm³/mol. The molecule has 0 radical (unpaired) electrons. The highest BCUT2D eigenvalue weighted by atomic mass is 32.2. The van der Waals surface area contributed by atoms with Gasteiger partial charge in [-0.3, -0.25) is 4.57 Å². The fourth-order valence-corrected chi connectivity index (χ4v) is 4.04. The Morgan fingerprint density at radius 3 is 2.62 bits per heavy atom. The van der Waals surface area contributed by atoms with E-state index in [1.54, 1.807) is 17.1 Å². The number of benzene rings is 1. The molecule has 0 bridgehead atoms. The van der Waals surface area contributed by atoms with Crippen molar-refractivity contribution in [2.24, 2.45) is 0 Å². The summed E-state index contributed by atoms with van der Waals surface area (Å²) in [5.74, 6) is -0.0407. The molecule has 1 aliphatic carbocycles. The van der Waals surface area contributed by atoms with Crippen molar-refractivity contribution in [1.82, 2.24) is 24.5 Å². The first-order valence-electron chi connectivity index (χ1n) is 7.57. The van der Waals surface area contributed by atoms with Gasteiger partial charge >= 0.3 is 0 Å². The van der Waals surface area contributed by atoms with Crippen molar-refractivity contribution in [3.05, 3.63) is 48.3 Å². The lowest BCUT2D eigenvalue weighted by atomic mass is 10.3. The van der Waals surface area contributed by atoms with Gasteiger partial charge in [-0.15, -0.1) is 10.2 Å². The van der Waals surface area contributed by atoms with Crippen molar-refractivity contribution in [3.8, 4) is 5.69 Å². The van der Waals surface area contributed by atoms with Gasteiger partial charge in [0.15, 0.2) is 0 Å². The molecule has 0 aliphatic heterocycles. The highest BCUT2D eigenvalue weighted by Gasteiger charge is 2.34. The smallest absolute Gasteiger partial charge is 0.251 e. The monoisotopic (exact) mass is 344 g/mol. The van der Waals surface area contributed by atoms with Crippen molar-refractivity contribution >= 4 is 15.8 Å². The van der Waals surface area contributed by atoms with Crippen molar-refractivity contribution in [1.29, 1.82) is 0 Å². The zero-order valence-electron chi connectivity index (χ0n) is 12.8. The van der Waals surface area contributed by atoms with Crippen LogP contribution in [0.2, 0.25) is 0 Å². The molecule has 124 valence electrons. The van der Waals surface area contributed by atoms with Crippen LogP contribution in [0.1, 0.15) is 24.4 Å². The minimum atomic E-state index is -3.64. The minimum absolute atomic E-state index is 0.0602. The number of rotatable bonds is 5. The van der Waals surface area contributed by atoms with Crippen molar-refractivity contribution in [2.45, 2.75) is 29.8 Å². The van der Waals surface area contributed by atoms with Gasteiger partial charge in [-0.1, -0.05) is 18.2 Å². The van der Waals surface area contributed by atoms with Crippen molar-refractivity contribution in [2.75, 3.05) is 5.73 Å². The van der Waals surface area contributed by atoms with Gasteiger partial charge in [0.25, 0.3) is 5.16 Å². The molecule has 1 fully saturated rings. The van der Waals surface area contributed by atoms with E-state index in [4.69, 9.17) is 5.73 Å². The highest BCUT2D eigenvalue weighted by Crippen LogP contribution is 2.38. The maximum Gasteiger partial charge on any atom is 0.251 e. The second-order valence-corrected chi connectivity index (χ2v) is 7.71. The van der Waals surface area contributed by atoms with E-state index in [0.29, 0.717) is 5.56 Å². The van der Waals surface area contributed by atoms with Crippen LogP contribution >= 0.6 is 0 Å². The molecule has 1 aromatic carbocycles. The average molecular weight is 344 g/mol. The van der Waals surface area contributed by atoms with Gasteiger partial charge in [-0.2, -0.15) is 5.10 Å². The molecule has 0 amide bonds. The number of nitrogen functional groups attached to an aromatic ring is 1. The van der Waals surface area contributed by atoms with E-state index >= 15 is 0 Å². The third-order valence-corrected chi connectivity index (χ3v) is 5.44. The summed E-state index contributed by atoms with van der Waals surface area (Å²) in [7, 11) is -3.64. The average Bonchev–Trinajstić information content (AvgIpc) is 3.16. The third-order valence-electron chi connectivity index (χ3n) is 3.89. The molecule has 1 saturated carbocycles. The van der Waals surface area contributed by atoms with Crippen LogP contribution in [0.4, 0.5) is 5.95 Å². The first-order chi connectivity index (χ1) is 11.5. The number of anilines is 1. The zero-order chi connectivity index (χ0) is 16.7. The molecular formula is C15H16N6O2S. The molecule has 8 nitrogen and oxygen atoms in total. The SMILES string of the molecule is Nc1nnc(S(=O)(=O)Cc2cnn(-c3ccccc3)c2)n1C1CC1. The Kier molecular flexibility index (Phi) is 3.38. The molecule has 1 aliphatic rings. The van der Waals surface area contributed by atoms with E-state index in [1.807, 2.05) is 30.3 Å². The van der Waals surface area contributed by atoms with Crippen LogP contribution in [0.3, 0.4) is 0 Å². The van der Waals surface area contributed by atoms with Gasteiger partial charge in [-0.25, -0.2) is 13.1 Å². The molecule has 0 atom stereocenters. The summed E-state index contributed by atoms with van der Waals surface area (Å²) < 4.78 is 28.6. The summed E-state index contributed by atoms with van der Waals surface area (Å²) in [6.45, 7) is 0. The Balaban J connectivity index is 1.62. The van der Waals surface area contributed by atoms with Crippen LogP contribution in [0.5, 0.6) is 0 Å². The lowest BCUT2D eigenvalue weighted by Crippen LogP contribution is -2.13. The van der Waals surface area contributed by atoms with Crippen LogP contribution in [0, 0.1) is 0 Å². The van der Waals surface area contributed by atoms with E-state index in [9.17, 15) is 8.42 Å². The standard InChI is InChI=1S/C15H16N6O2S/c16-14-18-19-15(21(14)13-6-7-13)24(22,23)10-11-8-17-20(9-11)12-4-2-1-3-5-12/h1-5,8-9,13H,6-7,10H2,(H2,16,18). The summed E-state index contributed by atoms with van der Waals surface area (Å²) in [6, 6.07) is 9.60. The molecule has 2 aromatic heterocycles. The number of sulfone groups is 1. The summed E-state index contributed by atoms with van der Waals surface area (Å²) in [5, 5.41) is 11.7. The predicted octanol–water partition coefficient (Wildman–Crippen LogP) is 1.35. The first kappa shape index (κ1) is 14.9. The van der Waals surface area contributed by atoms with Crippen LogP contribution in [0.15, 0.2) is 47.9 Å². The molecule has 4 rings (SSSR count). The van der Waals surface area contributed by atoms with Crippen LogP contribution < -0.4 is 5.73 Å². The van der Waals surface area contributed by atoms with Crippen molar-refractivity contribution in [3.63, 3.8) is 0 Å². The van der Waals surface area contributed by atoms with Crippen LogP contribution in [0.25, 0.3) is 5.69 Å². The lowest BCUT2D eigenvalue weighted by Gasteiger charge is -2.06. The molecule has 24 heavy (non-hydrogen) atoms. The van der Waals surface area contributed by atoms with Gasteiger partial charge in [0, 0.05) is 17.8 Å². The molecular weight excluding hydrogens is 328 g/mol. The number of nitrogens with zero attached hydrogens (tertiary/aromatic N) is 5. The second-order valence-electron chi connectivity index (χ2n) is 5.83. The van der Waals surface area contributed by atoms with Gasteiger partial charge in [0.2, 0.25) is 15.8 Å². The normalized spacial score (nSPS) is 14.8. The lowest BCUT2D eigenvalue weighted by molar-refractivity contribution is 0.565. The Bertz CT molecular complexity index is 973. The zero-order valence-corrected chi connectivity index (χ0v) is 13.6. The van der Waals surface area contributed by atoms with Gasteiger partial charge < -0.3 is 5.73 Å². The van der Waals surface area contributed by atoms with E-state index in [1.165, 1.54) is 4.57 Å². The fourth-order valence-electron chi connectivity index (χ4n) is 2.62. The topological polar surface area (TPSA) is 109 Å². The number of hydrogen-bond donors (Lipinski definition) is 1. The number of para-hydroxylation sites is 1. The van der Waals surface area contributed by atoms with Gasteiger partial charge in [-0.05, 0) is 25.0 Å². The fraction of sp³-hybridized carbons (Fsp3) is 0.267. The van der Waals surface area contributed by atoms with Gasteiger partial charge in [0.05, 0.1) is 17.6 Å². The minimum Gasteiger partial charge on any atom is -0.368 e. The Morgan fingerprint density at radius 2 is 1.92 bits per heavy atom. The maximum atomic E-state index is 12.7. The highest BCUT2D eigenvalue weighted by molar-refractivity contribution is 7.90. The number of hydrogen-bond acceptors (Lipinski definition) is 6. The molecule has 0 unspecified atom stereocenters. The quantitative estimate of drug-likeness (QED) is 0.748. The van der Waals surface area contributed by atoms with Gasteiger partial charge in [0.1, 0.15) is 0 Å². The molecule has 0 spiro atoms. The maximum absolute atomic E-state index is 12.7. The van der Waals surface area contributed by atoms with Crippen LogP contribution in [-0.4, -0.2) is 33.0 Å².